The van der Waals surface area contributed by atoms with Crippen LogP contribution in [0.25, 0.3) is 0 Å². The maximum atomic E-state index is 5.45. The molecule has 0 saturated heterocycles. The summed E-state index contributed by atoms with van der Waals surface area (Å²) in [5.41, 5.74) is 0. The summed E-state index contributed by atoms with van der Waals surface area (Å²) in [6.45, 7) is 8.30. The first kappa shape index (κ1) is 13.5. The van der Waals surface area contributed by atoms with Gasteiger partial charge in [-0.05, 0) is 25.5 Å². The molecule has 1 aromatic rings. The van der Waals surface area contributed by atoms with Crippen LogP contribution in [0.2, 0.25) is 0 Å². The molecule has 0 unspecified atom stereocenters. The van der Waals surface area contributed by atoms with E-state index in [1.165, 1.54) is 0 Å². The van der Waals surface area contributed by atoms with E-state index in [4.69, 9.17) is 9.47 Å². The number of aromatic nitrogens is 1. The number of nitrogens with one attached hydrogen (secondary N) is 1. The van der Waals surface area contributed by atoms with Crippen LogP contribution in [0.5, 0.6) is 5.75 Å². The third-order valence-electron chi connectivity index (χ3n) is 2.08. The molecular weight excluding hydrogens is 216 g/mol. The first-order valence-corrected chi connectivity index (χ1v) is 5.88. The standard InChI is InChI=1S/C13H20N2O2/c1-3-5-10-16-11-9-15-13-12(17-4-2)7-6-8-14-13/h3,6-8H,1,4-5,9-11H2,2H3,(H,14,15). The molecule has 0 aromatic carbocycles. The highest BCUT2D eigenvalue weighted by molar-refractivity contribution is 5.49. The molecule has 4 heteroatoms. The number of hydrogen-bond donors (Lipinski definition) is 1. The van der Waals surface area contributed by atoms with Crippen molar-refractivity contribution < 1.29 is 9.47 Å². The van der Waals surface area contributed by atoms with E-state index in [0.717, 1.165) is 18.0 Å². The van der Waals surface area contributed by atoms with Crippen molar-refractivity contribution in [1.82, 2.24) is 4.98 Å². The third kappa shape index (κ3) is 5.36. The molecule has 17 heavy (non-hydrogen) atoms. The van der Waals surface area contributed by atoms with Gasteiger partial charge >= 0.3 is 0 Å². The first-order chi connectivity index (χ1) is 8.38. The van der Waals surface area contributed by atoms with Crippen molar-refractivity contribution in [2.45, 2.75) is 13.3 Å². The summed E-state index contributed by atoms with van der Waals surface area (Å²) in [6.07, 6.45) is 4.47. The van der Waals surface area contributed by atoms with Crippen LogP contribution >= 0.6 is 0 Å². The smallest absolute Gasteiger partial charge is 0.168 e. The molecule has 0 aliphatic carbocycles. The summed E-state index contributed by atoms with van der Waals surface area (Å²) >= 11 is 0. The summed E-state index contributed by atoms with van der Waals surface area (Å²) in [7, 11) is 0. The number of hydrogen-bond acceptors (Lipinski definition) is 4. The predicted molar refractivity (Wildman–Crippen MR) is 69.5 cm³/mol. The second-order valence-electron chi connectivity index (χ2n) is 3.40. The Labute approximate surface area is 103 Å². The minimum Gasteiger partial charge on any atom is -0.490 e. The largest absolute Gasteiger partial charge is 0.490 e. The van der Waals surface area contributed by atoms with Crippen LogP contribution in [-0.4, -0.2) is 31.3 Å². The normalized spacial score (nSPS) is 9.94. The van der Waals surface area contributed by atoms with Gasteiger partial charge in [0.15, 0.2) is 11.6 Å². The minimum atomic E-state index is 0.635. The van der Waals surface area contributed by atoms with Crippen LogP contribution in [0.3, 0.4) is 0 Å². The maximum absolute atomic E-state index is 5.45. The summed E-state index contributed by atoms with van der Waals surface area (Å²) in [6, 6.07) is 3.76. The molecule has 1 aromatic heterocycles. The third-order valence-corrected chi connectivity index (χ3v) is 2.08. The number of nitrogens with zero attached hydrogens (tertiary/aromatic N) is 1. The predicted octanol–water partition coefficient (Wildman–Crippen LogP) is 2.48. The Kier molecular flexibility index (Phi) is 6.82. The molecule has 0 spiro atoms. The van der Waals surface area contributed by atoms with Gasteiger partial charge in [0, 0.05) is 12.7 Å². The molecule has 1 rings (SSSR count). The SMILES string of the molecule is C=CCCOCCNc1ncccc1OCC. The molecule has 94 valence electrons. The van der Waals surface area contributed by atoms with E-state index >= 15 is 0 Å². The molecule has 0 atom stereocenters. The quantitative estimate of drug-likeness (QED) is 0.528. The molecule has 1 N–H and O–H groups in total. The van der Waals surface area contributed by atoms with E-state index in [-0.39, 0.29) is 0 Å². The van der Waals surface area contributed by atoms with Crippen molar-refractivity contribution >= 4 is 5.82 Å². The molecule has 4 nitrogen and oxygen atoms in total. The monoisotopic (exact) mass is 236 g/mol. The summed E-state index contributed by atoms with van der Waals surface area (Å²) in [5.74, 6) is 1.54. The van der Waals surface area contributed by atoms with Gasteiger partial charge in [0.2, 0.25) is 0 Å². The van der Waals surface area contributed by atoms with Crippen LogP contribution in [0, 0.1) is 0 Å². The number of rotatable bonds is 9. The highest BCUT2D eigenvalue weighted by atomic mass is 16.5. The van der Waals surface area contributed by atoms with Gasteiger partial charge in [-0.3, -0.25) is 0 Å². The summed E-state index contributed by atoms with van der Waals surface area (Å²) < 4.78 is 10.8. The second kappa shape index (κ2) is 8.58. The van der Waals surface area contributed by atoms with E-state index in [2.05, 4.69) is 16.9 Å². The number of anilines is 1. The molecule has 0 bridgehead atoms. The van der Waals surface area contributed by atoms with Gasteiger partial charge in [0.25, 0.3) is 0 Å². The topological polar surface area (TPSA) is 43.4 Å². The Morgan fingerprint density at radius 1 is 1.47 bits per heavy atom. The van der Waals surface area contributed by atoms with Crippen molar-refractivity contribution in [2.24, 2.45) is 0 Å². The van der Waals surface area contributed by atoms with Crippen LogP contribution in [0.4, 0.5) is 5.82 Å². The Morgan fingerprint density at radius 2 is 2.35 bits per heavy atom. The van der Waals surface area contributed by atoms with Crippen molar-refractivity contribution in [3.8, 4) is 5.75 Å². The molecule has 1 heterocycles. The van der Waals surface area contributed by atoms with Gasteiger partial charge < -0.3 is 14.8 Å². The molecule has 0 saturated carbocycles. The highest BCUT2D eigenvalue weighted by Crippen LogP contribution is 2.20. The van der Waals surface area contributed by atoms with Gasteiger partial charge in [-0.25, -0.2) is 4.98 Å². The maximum Gasteiger partial charge on any atom is 0.168 e. The molecular formula is C13H20N2O2. The fourth-order valence-electron chi connectivity index (χ4n) is 1.31. The zero-order valence-corrected chi connectivity index (χ0v) is 10.3. The van der Waals surface area contributed by atoms with Crippen LogP contribution in [0.15, 0.2) is 31.0 Å². The van der Waals surface area contributed by atoms with Gasteiger partial charge in [0.1, 0.15) is 0 Å². The fraction of sp³-hybridized carbons (Fsp3) is 0.462. The Balaban J connectivity index is 2.28. The first-order valence-electron chi connectivity index (χ1n) is 5.88. The molecule has 0 radical (unpaired) electrons. The molecule has 0 aliphatic heterocycles. The van der Waals surface area contributed by atoms with E-state index in [0.29, 0.717) is 26.4 Å². The average molecular weight is 236 g/mol. The van der Waals surface area contributed by atoms with Crippen molar-refractivity contribution in [2.75, 3.05) is 31.7 Å². The zero-order chi connectivity index (χ0) is 12.3. The number of ether oxygens (including phenoxy) is 2. The van der Waals surface area contributed by atoms with E-state index in [9.17, 15) is 0 Å². The van der Waals surface area contributed by atoms with E-state index < -0.39 is 0 Å². The average Bonchev–Trinajstić information content (AvgIpc) is 2.36. The highest BCUT2D eigenvalue weighted by Gasteiger charge is 2.02. The van der Waals surface area contributed by atoms with Crippen LogP contribution in [0.1, 0.15) is 13.3 Å². The Morgan fingerprint density at radius 3 is 3.12 bits per heavy atom. The fourth-order valence-corrected chi connectivity index (χ4v) is 1.31. The lowest BCUT2D eigenvalue weighted by molar-refractivity contribution is 0.149. The lowest BCUT2D eigenvalue weighted by Gasteiger charge is -2.10. The zero-order valence-electron chi connectivity index (χ0n) is 10.3. The van der Waals surface area contributed by atoms with Gasteiger partial charge in [-0.15, -0.1) is 6.58 Å². The van der Waals surface area contributed by atoms with Gasteiger partial charge in [-0.2, -0.15) is 0 Å². The Hall–Kier alpha value is -1.55. The minimum absolute atomic E-state index is 0.635. The second-order valence-corrected chi connectivity index (χ2v) is 3.40. The molecule has 0 fully saturated rings. The number of pyridine rings is 1. The van der Waals surface area contributed by atoms with Crippen LogP contribution < -0.4 is 10.1 Å². The van der Waals surface area contributed by atoms with Crippen molar-refractivity contribution in [1.29, 1.82) is 0 Å². The van der Waals surface area contributed by atoms with Crippen molar-refractivity contribution in [3.05, 3.63) is 31.0 Å². The molecule has 0 amide bonds. The van der Waals surface area contributed by atoms with E-state index in [1.807, 2.05) is 25.1 Å². The lowest BCUT2D eigenvalue weighted by atomic mass is 10.4. The van der Waals surface area contributed by atoms with Crippen LogP contribution in [-0.2, 0) is 4.74 Å². The lowest BCUT2D eigenvalue weighted by Crippen LogP contribution is -2.11. The summed E-state index contributed by atoms with van der Waals surface area (Å²) in [4.78, 5) is 4.22. The molecule has 0 aliphatic rings. The van der Waals surface area contributed by atoms with Gasteiger partial charge in [-0.1, -0.05) is 6.08 Å². The summed E-state index contributed by atoms with van der Waals surface area (Å²) in [5, 5.41) is 3.19. The van der Waals surface area contributed by atoms with Crippen molar-refractivity contribution in [3.63, 3.8) is 0 Å². The van der Waals surface area contributed by atoms with Gasteiger partial charge in [0.05, 0.1) is 19.8 Å². The van der Waals surface area contributed by atoms with E-state index in [1.54, 1.807) is 6.20 Å². The Bertz CT molecular complexity index is 329.